The van der Waals surface area contributed by atoms with Gasteiger partial charge in [0.15, 0.2) is 5.65 Å². The number of hydrogen-bond donors (Lipinski definition) is 3. The molecule has 9 heteroatoms. The van der Waals surface area contributed by atoms with Crippen LogP contribution in [0.2, 0.25) is 0 Å². The highest BCUT2D eigenvalue weighted by Gasteiger charge is 2.14. The topological polar surface area (TPSA) is 105 Å². The van der Waals surface area contributed by atoms with Gasteiger partial charge in [0.05, 0.1) is 12.8 Å². The summed E-state index contributed by atoms with van der Waals surface area (Å²) in [6.45, 7) is 4.73. The maximum absolute atomic E-state index is 10.8. The van der Waals surface area contributed by atoms with E-state index >= 15 is 0 Å². The lowest BCUT2D eigenvalue weighted by Crippen LogP contribution is -2.08. The maximum atomic E-state index is 10.8. The van der Waals surface area contributed by atoms with Crippen LogP contribution in [-0.4, -0.2) is 32.6 Å². The highest BCUT2D eigenvalue weighted by molar-refractivity contribution is 5.74. The Morgan fingerprint density at radius 2 is 1.76 bits per heavy atom. The number of hydrogen-bond acceptors (Lipinski definition) is 7. The van der Waals surface area contributed by atoms with Crippen molar-refractivity contribution in [3.63, 3.8) is 0 Å². The first-order valence-electron chi connectivity index (χ1n) is 11.5. The summed E-state index contributed by atoms with van der Waals surface area (Å²) in [5, 5.41) is 13.8. The molecule has 0 aliphatic carbocycles. The number of carbonyl (C=O) groups is 1. The number of anilines is 5. The Labute approximate surface area is 198 Å². The minimum atomic E-state index is 0.427. The summed E-state index contributed by atoms with van der Waals surface area (Å²) in [5.74, 6) is 1.73. The molecule has 0 aliphatic rings. The summed E-state index contributed by atoms with van der Waals surface area (Å²) in [4.78, 5) is 20.3. The number of aryl methyl sites for hydroxylation is 1. The fourth-order valence-corrected chi connectivity index (χ4v) is 3.64. The van der Waals surface area contributed by atoms with Gasteiger partial charge in [0.2, 0.25) is 18.3 Å². The molecule has 34 heavy (non-hydrogen) atoms. The van der Waals surface area contributed by atoms with Crippen molar-refractivity contribution in [2.24, 2.45) is 0 Å². The first kappa shape index (κ1) is 23.0. The van der Waals surface area contributed by atoms with Gasteiger partial charge >= 0.3 is 0 Å². The average Bonchev–Trinajstić information content (AvgIpc) is 3.23. The van der Waals surface area contributed by atoms with E-state index in [-0.39, 0.29) is 0 Å². The molecule has 0 fully saturated rings. The van der Waals surface area contributed by atoms with E-state index in [9.17, 15) is 4.79 Å². The number of fused-ring (bicyclic) bond motifs is 1. The van der Waals surface area contributed by atoms with Crippen molar-refractivity contribution in [3.05, 3.63) is 60.3 Å². The average molecular weight is 460 g/mol. The van der Waals surface area contributed by atoms with Crippen LogP contribution in [0.3, 0.4) is 0 Å². The van der Waals surface area contributed by atoms with Crippen LogP contribution in [0, 0.1) is 0 Å². The van der Waals surface area contributed by atoms with Crippen LogP contribution in [0.4, 0.5) is 29.0 Å². The lowest BCUT2D eigenvalue weighted by atomic mass is 10.1. The molecule has 9 nitrogen and oxygen atoms in total. The van der Waals surface area contributed by atoms with E-state index in [0.29, 0.717) is 30.6 Å². The lowest BCUT2D eigenvalue weighted by molar-refractivity contribution is -0.105. The number of carbonyl (C=O) groups excluding carboxylic acids is 1. The van der Waals surface area contributed by atoms with E-state index in [0.717, 1.165) is 54.0 Å². The smallest absolute Gasteiger partial charge is 0.233 e. The summed E-state index contributed by atoms with van der Waals surface area (Å²) < 4.78 is 7.35. The number of nitrogens with one attached hydrogen (secondary N) is 3. The summed E-state index contributed by atoms with van der Waals surface area (Å²) in [6.07, 6.45) is 6.78. The van der Waals surface area contributed by atoms with Crippen molar-refractivity contribution in [3.8, 4) is 5.75 Å². The molecular weight excluding hydrogens is 430 g/mol. The number of rotatable bonds is 12. The van der Waals surface area contributed by atoms with Crippen LogP contribution in [-0.2, 0) is 11.2 Å². The lowest BCUT2D eigenvalue weighted by Gasteiger charge is -2.12. The second-order valence-electron chi connectivity index (χ2n) is 7.79. The molecule has 3 N–H and O–H groups in total. The molecule has 4 aromatic rings. The number of benzene rings is 2. The van der Waals surface area contributed by atoms with Crippen LogP contribution in [0.15, 0.2) is 54.7 Å². The third-order valence-corrected chi connectivity index (χ3v) is 5.24. The number of aromatic nitrogens is 4. The Hall–Kier alpha value is -4.14. The molecule has 0 radical (unpaired) electrons. The quantitative estimate of drug-likeness (QED) is 0.195. The molecule has 0 saturated carbocycles. The molecule has 0 atom stereocenters. The second-order valence-corrected chi connectivity index (χ2v) is 7.79. The Morgan fingerprint density at radius 3 is 2.56 bits per heavy atom. The summed E-state index contributed by atoms with van der Waals surface area (Å²) in [7, 11) is 0. The zero-order chi connectivity index (χ0) is 23.8. The zero-order valence-corrected chi connectivity index (χ0v) is 19.4. The number of ether oxygens (including phenoxy) is 1. The molecular formula is C25H29N7O2. The maximum Gasteiger partial charge on any atom is 0.233 e. The van der Waals surface area contributed by atoms with Crippen molar-refractivity contribution >= 4 is 41.0 Å². The van der Waals surface area contributed by atoms with E-state index < -0.39 is 0 Å². The Morgan fingerprint density at radius 1 is 0.971 bits per heavy atom. The summed E-state index contributed by atoms with van der Waals surface area (Å²) in [6, 6.07) is 15.1. The monoisotopic (exact) mass is 459 g/mol. The minimum absolute atomic E-state index is 0.427. The van der Waals surface area contributed by atoms with E-state index in [1.807, 2.05) is 61.7 Å². The van der Waals surface area contributed by atoms with Crippen molar-refractivity contribution in [1.82, 2.24) is 19.6 Å². The molecule has 2 heterocycles. The van der Waals surface area contributed by atoms with Gasteiger partial charge in [-0.1, -0.05) is 31.9 Å². The molecule has 2 aromatic heterocycles. The Kier molecular flexibility index (Phi) is 7.54. The van der Waals surface area contributed by atoms with Gasteiger partial charge in [-0.25, -0.2) is 0 Å². The van der Waals surface area contributed by atoms with E-state index in [2.05, 4.69) is 33.0 Å². The summed E-state index contributed by atoms with van der Waals surface area (Å²) in [5.41, 5.74) is 4.09. The summed E-state index contributed by atoms with van der Waals surface area (Å²) >= 11 is 0. The molecule has 4 rings (SSSR count). The fourth-order valence-electron chi connectivity index (χ4n) is 3.64. The van der Waals surface area contributed by atoms with E-state index in [1.165, 1.54) is 0 Å². The van der Waals surface area contributed by atoms with Gasteiger partial charge in [0, 0.05) is 28.7 Å². The molecule has 0 spiro atoms. The predicted octanol–water partition coefficient (Wildman–Crippen LogP) is 5.31. The van der Waals surface area contributed by atoms with Crippen LogP contribution >= 0.6 is 0 Å². The van der Waals surface area contributed by atoms with Gasteiger partial charge in [-0.05, 0) is 50.1 Å². The van der Waals surface area contributed by atoms with E-state index in [4.69, 9.17) is 9.72 Å². The molecule has 176 valence electrons. The second kappa shape index (κ2) is 11.1. The van der Waals surface area contributed by atoms with Gasteiger partial charge in [-0.15, -0.1) is 0 Å². The number of unbranched alkanes of at least 4 members (excludes halogenated alkanes) is 2. The molecule has 0 unspecified atom stereocenters. The van der Waals surface area contributed by atoms with Crippen molar-refractivity contribution in [1.29, 1.82) is 0 Å². The predicted molar refractivity (Wildman–Crippen MR) is 134 cm³/mol. The Bertz CT molecular complexity index is 1260. The van der Waals surface area contributed by atoms with Gasteiger partial charge in [-0.3, -0.25) is 4.79 Å². The third kappa shape index (κ3) is 5.61. The molecule has 1 amide bonds. The highest BCUT2D eigenvalue weighted by atomic mass is 16.5. The molecule has 2 aromatic carbocycles. The molecule has 0 bridgehead atoms. The first-order valence-corrected chi connectivity index (χ1v) is 11.5. The fraction of sp³-hybridized carbons (Fsp3) is 0.280. The third-order valence-electron chi connectivity index (χ3n) is 5.24. The highest BCUT2D eigenvalue weighted by Crippen LogP contribution is 2.25. The van der Waals surface area contributed by atoms with E-state index in [1.54, 1.807) is 4.52 Å². The van der Waals surface area contributed by atoms with Gasteiger partial charge < -0.3 is 20.7 Å². The molecule has 0 aliphatic heterocycles. The van der Waals surface area contributed by atoms with Crippen LogP contribution in [0.5, 0.6) is 5.75 Å². The number of nitrogens with zero attached hydrogens (tertiary/aromatic N) is 4. The first-order chi connectivity index (χ1) is 16.7. The van der Waals surface area contributed by atoms with Crippen molar-refractivity contribution < 1.29 is 9.53 Å². The van der Waals surface area contributed by atoms with Gasteiger partial charge in [0.25, 0.3) is 0 Å². The minimum Gasteiger partial charge on any atom is -0.494 e. The SMILES string of the molecule is CCCCCc1cnn2c(Nc3cccc(OCC)c3)nc(Nc3cccc(NC=O)c3)nc12. The number of amides is 1. The normalized spacial score (nSPS) is 10.8. The largest absolute Gasteiger partial charge is 0.494 e. The Balaban J connectivity index is 1.70. The van der Waals surface area contributed by atoms with Gasteiger partial charge in [-0.2, -0.15) is 19.6 Å². The van der Waals surface area contributed by atoms with Crippen LogP contribution in [0.25, 0.3) is 5.65 Å². The van der Waals surface area contributed by atoms with Crippen molar-refractivity contribution in [2.75, 3.05) is 22.6 Å². The van der Waals surface area contributed by atoms with Crippen molar-refractivity contribution in [2.45, 2.75) is 39.5 Å². The van der Waals surface area contributed by atoms with Crippen LogP contribution < -0.4 is 20.7 Å². The molecule has 0 saturated heterocycles. The van der Waals surface area contributed by atoms with Gasteiger partial charge in [0.1, 0.15) is 5.75 Å². The zero-order valence-electron chi connectivity index (χ0n) is 19.4. The standard InChI is InChI=1S/C25H29N7O2/c1-3-5-6-9-18-16-27-32-23(18)30-24(28-20-11-7-10-19(14-20)26-17-33)31-25(32)29-21-12-8-13-22(15-21)34-4-2/h7-8,10-17H,3-6,9H2,1-2H3,(H,26,33)(H2,28,29,30,31). The van der Waals surface area contributed by atoms with Crippen LogP contribution in [0.1, 0.15) is 38.7 Å².